The Bertz CT molecular complexity index is 255. The van der Waals surface area contributed by atoms with E-state index >= 15 is 0 Å². The largest absolute Gasteiger partial charge is 0.550 e. The Labute approximate surface area is 75.0 Å². The summed E-state index contributed by atoms with van der Waals surface area (Å²) in [7, 11) is 0. The Balaban J connectivity index is 2.96. The topological polar surface area (TPSA) is 104 Å². The molecule has 74 valence electrons. The number of aliphatic carboxylic acids is 1. The third-order valence-electron chi connectivity index (χ3n) is 2.46. The first kappa shape index (κ1) is 9.94. The quantitative estimate of drug-likeness (QED) is 0.498. The summed E-state index contributed by atoms with van der Waals surface area (Å²) in [6.07, 6.45) is -0.687. The first-order valence-electron chi connectivity index (χ1n) is 3.86. The number of carbonyl (C=O) groups is 2. The average molecular weight is 187 g/mol. The minimum atomic E-state index is -1.54. The van der Waals surface area contributed by atoms with Gasteiger partial charge < -0.3 is 15.6 Å². The van der Waals surface area contributed by atoms with E-state index in [-0.39, 0.29) is 0 Å². The smallest absolute Gasteiger partial charge is 0.267 e. The Morgan fingerprint density at radius 2 is 2.38 bits per heavy atom. The van der Waals surface area contributed by atoms with E-state index in [1.165, 1.54) is 13.8 Å². The Kier molecular flexibility index (Phi) is 2.27. The van der Waals surface area contributed by atoms with Crippen LogP contribution in [0.15, 0.2) is 0 Å². The minimum absolute atomic E-state index is 0.628. The molecule has 1 amide bonds. The summed E-state index contributed by atoms with van der Waals surface area (Å²) in [5.41, 5.74) is 6.13. The van der Waals surface area contributed by atoms with Gasteiger partial charge in [-0.2, -0.15) is 0 Å². The molecule has 3 N–H and O–H groups in total. The van der Waals surface area contributed by atoms with Crippen molar-refractivity contribution in [3.05, 3.63) is 0 Å². The third-order valence-corrected chi connectivity index (χ3v) is 2.46. The van der Waals surface area contributed by atoms with Crippen LogP contribution in [0.25, 0.3) is 0 Å². The van der Waals surface area contributed by atoms with Crippen LogP contribution < -0.4 is 16.3 Å². The maximum absolute atomic E-state index is 11.2. The van der Waals surface area contributed by atoms with E-state index in [1.807, 2.05) is 5.48 Å². The lowest BCUT2D eigenvalue weighted by Crippen LogP contribution is -2.62. The fourth-order valence-corrected chi connectivity index (χ4v) is 1.26. The number of carboxylic acid groups (broad SMARTS) is 1. The third kappa shape index (κ3) is 1.27. The highest BCUT2D eigenvalue weighted by Gasteiger charge is 2.51. The van der Waals surface area contributed by atoms with Crippen LogP contribution in [0.1, 0.15) is 13.8 Å². The van der Waals surface area contributed by atoms with Crippen LogP contribution in [0.3, 0.4) is 0 Å². The van der Waals surface area contributed by atoms with Gasteiger partial charge in [-0.3, -0.25) is 9.63 Å². The fourth-order valence-electron chi connectivity index (χ4n) is 1.26. The van der Waals surface area contributed by atoms with Gasteiger partial charge in [0.25, 0.3) is 5.91 Å². The lowest BCUT2D eigenvalue weighted by atomic mass is 9.82. The highest BCUT2D eigenvalue weighted by Crippen LogP contribution is 2.24. The van der Waals surface area contributed by atoms with Gasteiger partial charge in [0.1, 0.15) is 11.6 Å². The fraction of sp³-hybridized carbons (Fsp3) is 0.714. The summed E-state index contributed by atoms with van der Waals surface area (Å²) in [6, 6.07) is 0. The van der Waals surface area contributed by atoms with Crippen molar-refractivity contribution in [1.29, 1.82) is 0 Å². The van der Waals surface area contributed by atoms with Gasteiger partial charge in [0, 0.05) is 11.9 Å². The van der Waals surface area contributed by atoms with Crippen LogP contribution in [0.4, 0.5) is 0 Å². The molecule has 0 spiro atoms. The standard InChI is InChI=1S/C7H12N2O4/c1-3(5(10)11)7(8)4(2)13-9-6(7)12/h3-4H,8H2,1-2H3,(H,9,12)(H,10,11)/p-1. The van der Waals surface area contributed by atoms with E-state index in [0.717, 1.165) is 0 Å². The van der Waals surface area contributed by atoms with Crippen molar-refractivity contribution in [3.8, 4) is 0 Å². The molecule has 0 radical (unpaired) electrons. The Hall–Kier alpha value is -1.14. The number of carbonyl (C=O) groups excluding carboxylic acids is 2. The van der Waals surface area contributed by atoms with Crippen LogP contribution >= 0.6 is 0 Å². The van der Waals surface area contributed by atoms with Crippen molar-refractivity contribution in [1.82, 2.24) is 5.48 Å². The molecule has 1 aliphatic heterocycles. The van der Waals surface area contributed by atoms with Crippen LogP contribution in [0.2, 0.25) is 0 Å². The molecule has 0 aromatic carbocycles. The number of hydrogen-bond donors (Lipinski definition) is 2. The molecule has 1 heterocycles. The number of hydroxylamine groups is 1. The van der Waals surface area contributed by atoms with Crippen LogP contribution in [-0.2, 0) is 14.4 Å². The molecule has 1 saturated heterocycles. The van der Waals surface area contributed by atoms with Gasteiger partial charge in [-0.05, 0) is 6.92 Å². The predicted molar refractivity (Wildman–Crippen MR) is 39.8 cm³/mol. The van der Waals surface area contributed by atoms with E-state index in [1.54, 1.807) is 0 Å². The van der Waals surface area contributed by atoms with Gasteiger partial charge in [-0.1, -0.05) is 6.92 Å². The van der Waals surface area contributed by atoms with E-state index in [2.05, 4.69) is 0 Å². The number of carboxylic acids is 1. The summed E-state index contributed by atoms with van der Waals surface area (Å²) in [6.45, 7) is 2.84. The van der Waals surface area contributed by atoms with Crippen molar-refractivity contribution in [2.75, 3.05) is 0 Å². The zero-order valence-corrected chi connectivity index (χ0v) is 7.37. The van der Waals surface area contributed by atoms with Crippen molar-refractivity contribution < 1.29 is 19.5 Å². The summed E-state index contributed by atoms with van der Waals surface area (Å²) >= 11 is 0. The van der Waals surface area contributed by atoms with E-state index in [9.17, 15) is 14.7 Å². The lowest BCUT2D eigenvalue weighted by molar-refractivity contribution is -0.313. The molecule has 3 unspecified atom stereocenters. The van der Waals surface area contributed by atoms with E-state index in [4.69, 9.17) is 10.6 Å². The molecule has 1 rings (SSSR count). The van der Waals surface area contributed by atoms with E-state index < -0.39 is 29.4 Å². The molecule has 1 aliphatic rings. The molecule has 0 saturated carbocycles. The summed E-state index contributed by atoms with van der Waals surface area (Å²) in [5.74, 6) is -3.09. The summed E-state index contributed by atoms with van der Waals surface area (Å²) < 4.78 is 0. The molecule has 0 aromatic rings. The zero-order chi connectivity index (χ0) is 10.2. The van der Waals surface area contributed by atoms with Gasteiger partial charge >= 0.3 is 0 Å². The highest BCUT2D eigenvalue weighted by molar-refractivity contribution is 5.92. The number of amides is 1. The predicted octanol–water partition coefficient (Wildman–Crippen LogP) is -2.48. The van der Waals surface area contributed by atoms with Crippen molar-refractivity contribution >= 4 is 11.9 Å². The molecule has 0 aliphatic carbocycles. The number of nitrogens with two attached hydrogens (primary N) is 1. The number of hydrogen-bond acceptors (Lipinski definition) is 5. The molecule has 13 heavy (non-hydrogen) atoms. The second kappa shape index (κ2) is 2.97. The van der Waals surface area contributed by atoms with Crippen LogP contribution in [-0.4, -0.2) is 23.5 Å². The Morgan fingerprint density at radius 3 is 2.69 bits per heavy atom. The first-order valence-corrected chi connectivity index (χ1v) is 3.86. The summed E-state index contributed by atoms with van der Waals surface area (Å²) in [5, 5.41) is 10.6. The van der Waals surface area contributed by atoms with Crippen molar-refractivity contribution in [3.63, 3.8) is 0 Å². The minimum Gasteiger partial charge on any atom is -0.550 e. The molecule has 6 heteroatoms. The van der Waals surface area contributed by atoms with Crippen LogP contribution in [0, 0.1) is 5.92 Å². The maximum atomic E-state index is 11.2. The molecular formula is C7H11N2O4-. The van der Waals surface area contributed by atoms with E-state index in [0.29, 0.717) is 0 Å². The monoisotopic (exact) mass is 187 g/mol. The average Bonchev–Trinajstić information content (AvgIpc) is 2.32. The number of nitrogens with one attached hydrogen (secondary N) is 1. The Morgan fingerprint density at radius 1 is 1.85 bits per heavy atom. The van der Waals surface area contributed by atoms with Gasteiger partial charge in [0.2, 0.25) is 0 Å². The molecular weight excluding hydrogens is 176 g/mol. The van der Waals surface area contributed by atoms with Crippen LogP contribution in [0.5, 0.6) is 0 Å². The first-order chi connectivity index (χ1) is 5.90. The molecule has 0 aromatic heterocycles. The SMILES string of the molecule is CC1ONC(=O)C1(N)C(C)C(=O)[O-]. The van der Waals surface area contributed by atoms with Gasteiger partial charge in [0.15, 0.2) is 0 Å². The van der Waals surface area contributed by atoms with Gasteiger partial charge in [-0.25, -0.2) is 5.48 Å². The normalized spacial score (nSPS) is 35.6. The second-order valence-corrected chi connectivity index (χ2v) is 3.17. The van der Waals surface area contributed by atoms with Crippen molar-refractivity contribution in [2.24, 2.45) is 11.7 Å². The van der Waals surface area contributed by atoms with Crippen molar-refractivity contribution in [2.45, 2.75) is 25.5 Å². The summed E-state index contributed by atoms with van der Waals surface area (Å²) in [4.78, 5) is 26.5. The molecule has 0 bridgehead atoms. The molecule has 1 fully saturated rings. The van der Waals surface area contributed by atoms with Gasteiger partial charge in [-0.15, -0.1) is 0 Å². The zero-order valence-electron chi connectivity index (χ0n) is 7.37. The highest BCUT2D eigenvalue weighted by atomic mass is 16.7. The molecule has 6 nitrogen and oxygen atoms in total. The van der Waals surface area contributed by atoms with Gasteiger partial charge in [0.05, 0.1) is 0 Å². The molecule has 3 atom stereocenters. The maximum Gasteiger partial charge on any atom is 0.267 e. The second-order valence-electron chi connectivity index (χ2n) is 3.17. The lowest BCUT2D eigenvalue weighted by Gasteiger charge is -2.30. The number of rotatable bonds is 2.